The molecule has 2 aromatic heterocycles. The van der Waals surface area contributed by atoms with Gasteiger partial charge in [-0.2, -0.15) is 13.2 Å². The molecule has 2 N–H and O–H groups in total. The van der Waals surface area contributed by atoms with Crippen LogP contribution in [0.4, 0.5) is 23.8 Å². The van der Waals surface area contributed by atoms with Crippen molar-refractivity contribution in [2.75, 3.05) is 32.1 Å². The Morgan fingerprint density at radius 3 is 2.70 bits per heavy atom. The highest BCUT2D eigenvalue weighted by atomic mass is 19.4. The molecule has 4 amide bonds. The Balaban J connectivity index is 1.47. The zero-order chi connectivity index (χ0) is 26.9. The summed E-state index contributed by atoms with van der Waals surface area (Å²) in [6.07, 6.45) is -2.55. The monoisotopic (exact) mass is 519 g/mol. The molecule has 196 valence electrons. The number of likely N-dealkylation sites (N-methyl/N-ethyl adjacent to an activating group) is 1. The highest BCUT2D eigenvalue weighted by Crippen LogP contribution is 2.33. The van der Waals surface area contributed by atoms with Crippen LogP contribution in [0.15, 0.2) is 35.5 Å². The van der Waals surface area contributed by atoms with Gasteiger partial charge in [-0.25, -0.2) is 14.8 Å². The van der Waals surface area contributed by atoms with Gasteiger partial charge in [0.2, 0.25) is 5.91 Å². The van der Waals surface area contributed by atoms with Crippen LogP contribution in [-0.2, 0) is 15.8 Å². The summed E-state index contributed by atoms with van der Waals surface area (Å²) in [6.45, 7) is 0.810. The van der Waals surface area contributed by atoms with Crippen LogP contribution in [0.25, 0.3) is 11.3 Å². The van der Waals surface area contributed by atoms with Gasteiger partial charge in [0.15, 0.2) is 12.2 Å². The second kappa shape index (κ2) is 10.1. The average Bonchev–Trinajstić information content (AvgIpc) is 3.26. The van der Waals surface area contributed by atoms with E-state index in [0.717, 1.165) is 11.0 Å². The van der Waals surface area contributed by atoms with Crippen molar-refractivity contribution in [3.05, 3.63) is 41.7 Å². The van der Waals surface area contributed by atoms with E-state index in [2.05, 4.69) is 20.3 Å². The number of rotatable bonds is 7. The van der Waals surface area contributed by atoms with Gasteiger partial charge in [0, 0.05) is 37.7 Å². The predicted molar refractivity (Wildman–Crippen MR) is 125 cm³/mol. The fraction of sp³-hybridized carbons (Fsp3) is 0.391. The van der Waals surface area contributed by atoms with E-state index in [0.29, 0.717) is 0 Å². The number of hydrogen-bond acceptors (Lipinski definition) is 8. The van der Waals surface area contributed by atoms with Crippen LogP contribution in [0, 0.1) is 6.92 Å². The van der Waals surface area contributed by atoms with Crippen LogP contribution in [0.5, 0.6) is 0 Å². The number of carbonyl (C=O) groups is 3. The van der Waals surface area contributed by atoms with E-state index in [9.17, 15) is 27.6 Å². The summed E-state index contributed by atoms with van der Waals surface area (Å²) in [5.74, 6) is -0.987. The molecule has 0 spiro atoms. The highest BCUT2D eigenvalue weighted by molar-refractivity contribution is 6.03. The van der Waals surface area contributed by atoms with Crippen molar-refractivity contribution in [2.45, 2.75) is 31.7 Å². The summed E-state index contributed by atoms with van der Waals surface area (Å²) in [5, 5.41) is 11.7. The summed E-state index contributed by atoms with van der Waals surface area (Å²) in [4.78, 5) is 54.2. The summed E-state index contributed by atoms with van der Waals surface area (Å²) in [7, 11) is 1.50. The van der Waals surface area contributed by atoms with E-state index in [1.54, 1.807) is 0 Å². The second-order valence-electron chi connectivity index (χ2n) is 8.57. The number of aliphatic imine (C=N–C) groups is 1. The normalized spacial score (nSPS) is 19.5. The Morgan fingerprint density at radius 1 is 1.24 bits per heavy atom. The Kier molecular flexibility index (Phi) is 7.12. The van der Waals surface area contributed by atoms with Crippen LogP contribution in [0.1, 0.15) is 17.7 Å². The largest absolute Gasteiger partial charge is 0.418 e. The molecule has 4 rings (SSSR count). The standard InChI is InChI=1S/C23H24F3N7O4/c1-13-15(23(24,25)26)9-14(10-27-13)16-5-3-6-17(29-16)30-18(35)11-32-12-28-20-19(32)21(36)33(7-4-8-34)22(37)31(20)2/h3,5-6,9-10,12,19-20,34H,4,7-8,11H2,1-2H3,(H,29,30,35). The van der Waals surface area contributed by atoms with Gasteiger partial charge >= 0.3 is 12.2 Å². The molecule has 0 saturated carbocycles. The number of amides is 4. The van der Waals surface area contributed by atoms with Crippen LogP contribution in [-0.4, -0.2) is 92.9 Å². The minimum Gasteiger partial charge on any atom is -0.396 e. The van der Waals surface area contributed by atoms with Gasteiger partial charge in [0.05, 0.1) is 24.1 Å². The van der Waals surface area contributed by atoms with Crippen molar-refractivity contribution in [1.82, 2.24) is 24.7 Å². The lowest BCUT2D eigenvalue weighted by Crippen LogP contribution is -2.65. The van der Waals surface area contributed by atoms with Gasteiger partial charge < -0.3 is 20.2 Å². The maximum atomic E-state index is 13.3. The SMILES string of the molecule is Cc1ncc(-c2cccc(NC(=O)CN3C=NC4C3C(=O)N(CCCO)C(=O)N4C)n2)cc1C(F)(F)F. The first-order valence-electron chi connectivity index (χ1n) is 11.3. The number of carbonyl (C=O) groups excluding carboxylic acids is 3. The first-order valence-corrected chi connectivity index (χ1v) is 11.3. The number of hydrogen-bond donors (Lipinski definition) is 2. The fourth-order valence-corrected chi connectivity index (χ4v) is 4.16. The maximum Gasteiger partial charge on any atom is 0.418 e. The van der Waals surface area contributed by atoms with Gasteiger partial charge in [0.1, 0.15) is 5.82 Å². The first-order chi connectivity index (χ1) is 17.5. The summed E-state index contributed by atoms with van der Waals surface area (Å²) >= 11 is 0. The third-order valence-corrected chi connectivity index (χ3v) is 6.03. The van der Waals surface area contributed by atoms with Gasteiger partial charge in [-0.15, -0.1) is 0 Å². The number of aliphatic hydroxyl groups is 1. The molecule has 2 aliphatic heterocycles. The zero-order valence-electron chi connectivity index (χ0n) is 19.9. The molecule has 2 unspecified atom stereocenters. The van der Waals surface area contributed by atoms with E-state index in [-0.39, 0.29) is 48.9 Å². The number of aryl methyl sites for hydroxylation is 1. The molecule has 0 aromatic carbocycles. The number of nitrogens with zero attached hydrogens (tertiary/aromatic N) is 6. The zero-order valence-corrected chi connectivity index (χ0v) is 19.9. The topological polar surface area (TPSA) is 131 Å². The lowest BCUT2D eigenvalue weighted by Gasteiger charge is -2.40. The van der Waals surface area contributed by atoms with E-state index < -0.39 is 41.8 Å². The number of halogens is 3. The van der Waals surface area contributed by atoms with E-state index in [4.69, 9.17) is 5.11 Å². The third-order valence-electron chi connectivity index (χ3n) is 6.03. The third kappa shape index (κ3) is 5.23. The van der Waals surface area contributed by atoms with Crippen molar-refractivity contribution in [1.29, 1.82) is 0 Å². The van der Waals surface area contributed by atoms with Crippen molar-refractivity contribution < 1.29 is 32.7 Å². The van der Waals surface area contributed by atoms with Crippen molar-refractivity contribution in [2.24, 2.45) is 4.99 Å². The highest BCUT2D eigenvalue weighted by Gasteiger charge is 2.49. The van der Waals surface area contributed by atoms with Crippen LogP contribution < -0.4 is 5.32 Å². The molecule has 37 heavy (non-hydrogen) atoms. The Bertz CT molecular complexity index is 1250. The van der Waals surface area contributed by atoms with Crippen molar-refractivity contribution in [3.8, 4) is 11.3 Å². The molecule has 2 aromatic rings. The number of urea groups is 1. The molecule has 14 heteroatoms. The molecular formula is C23H24F3N7O4. The number of pyridine rings is 2. The van der Waals surface area contributed by atoms with Crippen LogP contribution in [0.2, 0.25) is 0 Å². The quantitative estimate of drug-likeness (QED) is 0.570. The molecule has 0 radical (unpaired) electrons. The first kappa shape index (κ1) is 26.0. The lowest BCUT2D eigenvalue weighted by atomic mass is 10.1. The van der Waals surface area contributed by atoms with Gasteiger partial charge in [0.25, 0.3) is 5.91 Å². The molecule has 0 aliphatic carbocycles. The lowest BCUT2D eigenvalue weighted by molar-refractivity contribution is -0.139. The van der Waals surface area contributed by atoms with E-state index in [1.165, 1.54) is 54.5 Å². The Labute approximate surface area is 209 Å². The number of aromatic nitrogens is 2. The number of aliphatic hydroxyl groups excluding tert-OH is 1. The minimum atomic E-state index is -4.57. The Hall–Kier alpha value is -4.07. The molecule has 11 nitrogen and oxygen atoms in total. The maximum absolute atomic E-state index is 13.3. The number of alkyl halides is 3. The molecule has 1 fully saturated rings. The Morgan fingerprint density at radius 2 is 2.00 bits per heavy atom. The molecular weight excluding hydrogens is 495 g/mol. The number of fused-ring (bicyclic) bond motifs is 1. The number of imide groups is 1. The summed E-state index contributed by atoms with van der Waals surface area (Å²) < 4.78 is 39.8. The number of nitrogens with one attached hydrogen (secondary N) is 1. The second-order valence-corrected chi connectivity index (χ2v) is 8.57. The average molecular weight is 519 g/mol. The fourth-order valence-electron chi connectivity index (χ4n) is 4.16. The summed E-state index contributed by atoms with van der Waals surface area (Å²) in [5.41, 5.74) is -0.726. The van der Waals surface area contributed by atoms with Gasteiger partial charge in [-0.3, -0.25) is 19.5 Å². The minimum absolute atomic E-state index is 0.0302. The van der Waals surface area contributed by atoms with Crippen LogP contribution >= 0.6 is 0 Å². The van der Waals surface area contributed by atoms with Crippen LogP contribution in [0.3, 0.4) is 0 Å². The molecule has 4 heterocycles. The van der Waals surface area contributed by atoms with Crippen molar-refractivity contribution in [3.63, 3.8) is 0 Å². The molecule has 0 bridgehead atoms. The van der Waals surface area contributed by atoms with E-state index >= 15 is 0 Å². The number of anilines is 1. The van der Waals surface area contributed by atoms with Gasteiger partial charge in [-0.05, 0) is 31.5 Å². The smallest absolute Gasteiger partial charge is 0.396 e. The molecule has 1 saturated heterocycles. The predicted octanol–water partition coefficient (Wildman–Crippen LogP) is 1.72. The molecule has 2 aliphatic rings. The van der Waals surface area contributed by atoms with E-state index in [1.807, 2.05) is 0 Å². The van der Waals surface area contributed by atoms with Crippen molar-refractivity contribution >= 4 is 30.0 Å². The molecule has 2 atom stereocenters. The van der Waals surface area contributed by atoms with Gasteiger partial charge in [-0.1, -0.05) is 6.07 Å². The summed E-state index contributed by atoms with van der Waals surface area (Å²) in [6, 6.07) is 4.00.